The van der Waals surface area contributed by atoms with E-state index in [1.165, 1.54) is 12.1 Å². The number of rotatable bonds is 4. The second-order valence-electron chi connectivity index (χ2n) is 4.68. The first kappa shape index (κ1) is 15.7. The number of amides is 1. The number of primary amides is 1. The number of hydrogen-bond donors (Lipinski definition) is 5. The van der Waals surface area contributed by atoms with Gasteiger partial charge in [-0.2, -0.15) is 0 Å². The van der Waals surface area contributed by atoms with Gasteiger partial charge in [0.05, 0.1) is 12.2 Å². The van der Waals surface area contributed by atoms with Crippen LogP contribution in [0.4, 0.5) is 0 Å². The lowest BCUT2D eigenvalue weighted by Crippen LogP contribution is -2.60. The highest BCUT2D eigenvalue weighted by molar-refractivity contribution is 5.95. The predicted octanol–water partition coefficient (Wildman–Crippen LogP) is -2.04. The van der Waals surface area contributed by atoms with Crippen molar-refractivity contribution < 1.29 is 34.7 Å². The minimum Gasteiger partial charge on any atom is -0.461 e. The van der Waals surface area contributed by atoms with Crippen molar-refractivity contribution in [2.24, 2.45) is 5.73 Å². The third-order valence-corrected chi connectivity index (χ3v) is 3.24. The zero-order valence-electron chi connectivity index (χ0n) is 11.0. The molecule has 1 heterocycles. The molecule has 1 saturated heterocycles. The summed E-state index contributed by atoms with van der Waals surface area (Å²) in [6, 6.07) is 6.05. The van der Waals surface area contributed by atoms with Crippen LogP contribution in [0.15, 0.2) is 24.3 Å². The summed E-state index contributed by atoms with van der Waals surface area (Å²) in [5.41, 5.74) is 5.28. The van der Waals surface area contributed by atoms with Crippen molar-refractivity contribution in [2.45, 2.75) is 30.7 Å². The number of carbonyl (C=O) groups is 1. The minimum absolute atomic E-state index is 0.0642. The first-order valence-corrected chi connectivity index (χ1v) is 6.31. The minimum atomic E-state index is -1.55. The quantitative estimate of drug-likeness (QED) is 0.431. The highest BCUT2D eigenvalue weighted by atomic mass is 16.7. The molecule has 1 aliphatic rings. The van der Waals surface area contributed by atoms with E-state index in [-0.39, 0.29) is 11.3 Å². The van der Waals surface area contributed by atoms with E-state index < -0.39 is 43.2 Å². The Labute approximate surface area is 120 Å². The van der Waals surface area contributed by atoms with Gasteiger partial charge < -0.3 is 35.6 Å². The zero-order valence-corrected chi connectivity index (χ0v) is 11.0. The Morgan fingerprint density at radius 2 is 1.86 bits per heavy atom. The van der Waals surface area contributed by atoms with Crippen molar-refractivity contribution in [3.63, 3.8) is 0 Å². The molecule has 0 aliphatic carbocycles. The normalized spacial score (nSPS) is 32.7. The molecule has 0 bridgehead atoms. The molecule has 8 nitrogen and oxygen atoms in total. The molecule has 2 unspecified atom stereocenters. The Hall–Kier alpha value is -1.71. The number of nitrogens with two attached hydrogens (primary N) is 1. The van der Waals surface area contributed by atoms with Crippen LogP contribution in [-0.4, -0.2) is 63.6 Å². The average Bonchev–Trinajstić information content (AvgIpc) is 2.48. The van der Waals surface area contributed by atoms with E-state index in [4.69, 9.17) is 20.3 Å². The fourth-order valence-electron chi connectivity index (χ4n) is 2.06. The number of aliphatic hydroxyl groups is 4. The monoisotopic (exact) mass is 299 g/mol. The summed E-state index contributed by atoms with van der Waals surface area (Å²) in [6.07, 6.45) is -7.03. The molecule has 1 amide bonds. The number of ether oxygens (including phenoxy) is 2. The molecule has 0 saturated carbocycles. The molecular weight excluding hydrogens is 282 g/mol. The van der Waals surface area contributed by atoms with Crippen LogP contribution < -0.4 is 10.5 Å². The Kier molecular flexibility index (Phi) is 4.76. The molecule has 1 aliphatic heterocycles. The molecule has 0 aromatic heterocycles. The molecule has 0 radical (unpaired) electrons. The van der Waals surface area contributed by atoms with E-state index in [0.717, 1.165) is 0 Å². The lowest BCUT2D eigenvalue weighted by Gasteiger charge is -2.39. The highest BCUT2D eigenvalue weighted by Crippen LogP contribution is 2.26. The van der Waals surface area contributed by atoms with Gasteiger partial charge in [-0.05, 0) is 12.1 Å². The van der Waals surface area contributed by atoms with E-state index in [1.807, 2.05) is 0 Å². The lowest BCUT2D eigenvalue weighted by atomic mass is 9.99. The first-order chi connectivity index (χ1) is 9.95. The number of benzene rings is 1. The van der Waals surface area contributed by atoms with Crippen molar-refractivity contribution in [2.75, 3.05) is 6.61 Å². The van der Waals surface area contributed by atoms with Crippen LogP contribution >= 0.6 is 0 Å². The Bertz CT molecular complexity index is 507. The van der Waals surface area contributed by atoms with Gasteiger partial charge in [0.1, 0.15) is 30.2 Å². The topological polar surface area (TPSA) is 142 Å². The third kappa shape index (κ3) is 3.14. The van der Waals surface area contributed by atoms with Gasteiger partial charge in [0.15, 0.2) is 0 Å². The summed E-state index contributed by atoms with van der Waals surface area (Å²) in [4.78, 5) is 11.3. The maximum Gasteiger partial charge on any atom is 0.252 e. The molecule has 5 atom stereocenters. The summed E-state index contributed by atoms with van der Waals surface area (Å²) in [5.74, 6) is -0.662. The van der Waals surface area contributed by atoms with Crippen LogP contribution in [0.2, 0.25) is 0 Å². The maximum atomic E-state index is 11.3. The molecule has 1 aromatic rings. The summed E-state index contributed by atoms with van der Waals surface area (Å²) in [6.45, 7) is -0.567. The van der Waals surface area contributed by atoms with E-state index in [2.05, 4.69) is 0 Å². The van der Waals surface area contributed by atoms with Gasteiger partial charge in [0, 0.05) is 0 Å². The second-order valence-corrected chi connectivity index (χ2v) is 4.68. The molecule has 0 spiro atoms. The molecule has 2 rings (SSSR count). The number of carbonyl (C=O) groups excluding carboxylic acids is 1. The van der Waals surface area contributed by atoms with Gasteiger partial charge >= 0.3 is 0 Å². The highest BCUT2D eigenvalue weighted by Gasteiger charge is 2.44. The SMILES string of the molecule is NC(=O)c1ccccc1O[C@@H]1OC(CO)[C@@H](O)[C@H](O)C1O. The zero-order chi connectivity index (χ0) is 15.6. The average molecular weight is 299 g/mol. The van der Waals surface area contributed by atoms with Crippen molar-refractivity contribution in [3.8, 4) is 5.75 Å². The summed E-state index contributed by atoms with van der Waals surface area (Å²) in [7, 11) is 0. The van der Waals surface area contributed by atoms with E-state index in [0.29, 0.717) is 0 Å². The smallest absolute Gasteiger partial charge is 0.252 e. The van der Waals surface area contributed by atoms with E-state index in [9.17, 15) is 20.1 Å². The Balaban J connectivity index is 2.20. The fraction of sp³-hybridized carbons (Fsp3) is 0.462. The molecule has 116 valence electrons. The Morgan fingerprint density at radius 3 is 2.48 bits per heavy atom. The second kappa shape index (κ2) is 6.37. The Morgan fingerprint density at radius 1 is 1.19 bits per heavy atom. The lowest BCUT2D eigenvalue weighted by molar-refractivity contribution is -0.277. The van der Waals surface area contributed by atoms with Crippen LogP contribution in [-0.2, 0) is 4.74 Å². The largest absolute Gasteiger partial charge is 0.461 e. The van der Waals surface area contributed by atoms with Crippen molar-refractivity contribution in [1.82, 2.24) is 0 Å². The van der Waals surface area contributed by atoms with Crippen molar-refractivity contribution >= 4 is 5.91 Å². The van der Waals surface area contributed by atoms with Gasteiger partial charge in [-0.15, -0.1) is 0 Å². The third-order valence-electron chi connectivity index (χ3n) is 3.24. The van der Waals surface area contributed by atoms with Crippen molar-refractivity contribution in [3.05, 3.63) is 29.8 Å². The summed E-state index contributed by atoms with van der Waals surface area (Å²) >= 11 is 0. The van der Waals surface area contributed by atoms with Gasteiger partial charge in [-0.1, -0.05) is 12.1 Å². The van der Waals surface area contributed by atoms with Gasteiger partial charge in [-0.25, -0.2) is 0 Å². The molecule has 21 heavy (non-hydrogen) atoms. The molecule has 1 fully saturated rings. The van der Waals surface area contributed by atoms with Crippen LogP contribution in [0.25, 0.3) is 0 Å². The standard InChI is InChI=1S/C13H17NO7/c14-12(19)6-3-1-2-4-7(6)20-13-11(18)10(17)9(16)8(5-15)21-13/h1-4,8-11,13,15-18H,5H2,(H2,14,19)/t8?,9-,10+,11?,13-/m1/s1. The fourth-order valence-corrected chi connectivity index (χ4v) is 2.06. The number of hydrogen-bond acceptors (Lipinski definition) is 7. The summed E-state index contributed by atoms with van der Waals surface area (Å²) in [5, 5.41) is 38.3. The molecule has 8 heteroatoms. The number of aliphatic hydroxyl groups excluding tert-OH is 4. The first-order valence-electron chi connectivity index (χ1n) is 6.31. The van der Waals surface area contributed by atoms with E-state index in [1.54, 1.807) is 12.1 Å². The van der Waals surface area contributed by atoms with Crippen LogP contribution in [0.1, 0.15) is 10.4 Å². The van der Waals surface area contributed by atoms with Gasteiger partial charge in [0.25, 0.3) is 5.91 Å². The van der Waals surface area contributed by atoms with E-state index >= 15 is 0 Å². The molecular formula is C13H17NO7. The predicted molar refractivity (Wildman–Crippen MR) is 69.4 cm³/mol. The summed E-state index contributed by atoms with van der Waals surface area (Å²) < 4.78 is 10.5. The van der Waals surface area contributed by atoms with Gasteiger partial charge in [-0.3, -0.25) is 4.79 Å². The molecule has 1 aromatic carbocycles. The van der Waals surface area contributed by atoms with Crippen molar-refractivity contribution in [1.29, 1.82) is 0 Å². The van der Waals surface area contributed by atoms with Crippen LogP contribution in [0.5, 0.6) is 5.75 Å². The van der Waals surface area contributed by atoms with Gasteiger partial charge in [0.2, 0.25) is 6.29 Å². The maximum absolute atomic E-state index is 11.3. The number of para-hydroxylation sites is 1. The van der Waals surface area contributed by atoms with Crippen LogP contribution in [0.3, 0.4) is 0 Å². The van der Waals surface area contributed by atoms with Crippen LogP contribution in [0, 0.1) is 0 Å². The molecule has 6 N–H and O–H groups in total.